The van der Waals surface area contributed by atoms with Gasteiger partial charge >= 0.3 is 0 Å². The smallest absolute Gasteiger partial charge is 0.266 e. The Balaban J connectivity index is 1.96. The van der Waals surface area contributed by atoms with Gasteiger partial charge in [-0.3, -0.25) is 4.79 Å². The van der Waals surface area contributed by atoms with E-state index in [0.717, 1.165) is 14.6 Å². The Morgan fingerprint density at radius 1 is 1.38 bits per heavy atom. The standard InChI is InChI=1S/C15H17BrN2O2S/c1-8-6-18(7-9(2)20-8)15(19)14-13(17)11-5-10(16)3-4-12(11)21-14/h3-5,8-9H,6-7,17H2,1-2H3/t8-,9+. The van der Waals surface area contributed by atoms with Gasteiger partial charge in [0.15, 0.2) is 0 Å². The molecule has 0 saturated carbocycles. The van der Waals surface area contributed by atoms with Crippen molar-refractivity contribution in [1.29, 1.82) is 0 Å². The highest BCUT2D eigenvalue weighted by Crippen LogP contribution is 2.36. The van der Waals surface area contributed by atoms with E-state index in [1.165, 1.54) is 11.3 Å². The molecule has 21 heavy (non-hydrogen) atoms. The van der Waals surface area contributed by atoms with Gasteiger partial charge in [0, 0.05) is 27.6 Å². The number of amides is 1. The molecule has 1 saturated heterocycles. The third-order valence-corrected chi connectivity index (χ3v) is 5.26. The van der Waals surface area contributed by atoms with Crippen LogP contribution in [0.25, 0.3) is 10.1 Å². The fourth-order valence-corrected chi connectivity index (χ4v) is 4.17. The molecular weight excluding hydrogens is 352 g/mol. The van der Waals surface area contributed by atoms with Gasteiger partial charge in [-0.15, -0.1) is 11.3 Å². The van der Waals surface area contributed by atoms with Crippen molar-refractivity contribution in [2.24, 2.45) is 0 Å². The number of hydrogen-bond donors (Lipinski definition) is 1. The normalized spacial score (nSPS) is 22.7. The molecule has 3 rings (SSSR count). The minimum Gasteiger partial charge on any atom is -0.397 e. The maximum absolute atomic E-state index is 12.8. The fourth-order valence-electron chi connectivity index (χ4n) is 2.74. The lowest BCUT2D eigenvalue weighted by Gasteiger charge is -2.35. The Hall–Kier alpha value is -1.11. The van der Waals surface area contributed by atoms with Gasteiger partial charge in [0.2, 0.25) is 0 Å². The average Bonchev–Trinajstić information content (AvgIpc) is 2.74. The van der Waals surface area contributed by atoms with Crippen LogP contribution >= 0.6 is 27.3 Å². The zero-order valence-corrected chi connectivity index (χ0v) is 14.3. The highest BCUT2D eigenvalue weighted by Gasteiger charge is 2.29. The molecule has 0 spiro atoms. The number of fused-ring (bicyclic) bond motifs is 1. The lowest BCUT2D eigenvalue weighted by molar-refractivity contribution is -0.0584. The number of nitrogen functional groups attached to an aromatic ring is 1. The largest absolute Gasteiger partial charge is 0.397 e. The van der Waals surface area contributed by atoms with Crippen LogP contribution in [0.5, 0.6) is 0 Å². The van der Waals surface area contributed by atoms with Crippen LogP contribution in [0, 0.1) is 0 Å². The van der Waals surface area contributed by atoms with E-state index in [0.29, 0.717) is 23.7 Å². The number of thiophene rings is 1. The van der Waals surface area contributed by atoms with Gasteiger partial charge in [0.05, 0.1) is 17.9 Å². The summed E-state index contributed by atoms with van der Waals surface area (Å²) in [5, 5.41) is 0.937. The number of halogens is 1. The molecule has 0 radical (unpaired) electrons. The van der Waals surface area contributed by atoms with Crippen LogP contribution in [0.1, 0.15) is 23.5 Å². The number of rotatable bonds is 1. The predicted molar refractivity (Wildman–Crippen MR) is 89.8 cm³/mol. The first-order valence-corrected chi connectivity index (χ1v) is 8.49. The average molecular weight is 369 g/mol. The summed E-state index contributed by atoms with van der Waals surface area (Å²) in [6, 6.07) is 5.91. The molecule has 1 fully saturated rings. The fraction of sp³-hybridized carbons (Fsp3) is 0.400. The summed E-state index contributed by atoms with van der Waals surface area (Å²) in [4.78, 5) is 15.2. The second kappa shape index (κ2) is 5.59. The monoisotopic (exact) mass is 368 g/mol. The lowest BCUT2D eigenvalue weighted by atomic mass is 10.2. The van der Waals surface area contributed by atoms with E-state index in [-0.39, 0.29) is 18.1 Å². The minimum atomic E-state index is 0.00632. The van der Waals surface area contributed by atoms with Gasteiger partial charge in [-0.25, -0.2) is 0 Å². The highest BCUT2D eigenvalue weighted by molar-refractivity contribution is 9.10. The van der Waals surface area contributed by atoms with Crippen molar-refractivity contribution in [3.05, 3.63) is 27.5 Å². The number of hydrogen-bond acceptors (Lipinski definition) is 4. The summed E-state index contributed by atoms with van der Waals surface area (Å²) in [5.41, 5.74) is 6.77. The van der Waals surface area contributed by atoms with Crippen molar-refractivity contribution in [2.75, 3.05) is 18.8 Å². The maximum Gasteiger partial charge on any atom is 0.266 e. The number of ether oxygens (including phenoxy) is 1. The molecule has 112 valence electrons. The minimum absolute atomic E-state index is 0.00632. The van der Waals surface area contributed by atoms with E-state index < -0.39 is 0 Å². The van der Waals surface area contributed by atoms with Crippen LogP contribution in [0.2, 0.25) is 0 Å². The van der Waals surface area contributed by atoms with Crippen molar-refractivity contribution >= 4 is 48.9 Å². The van der Waals surface area contributed by atoms with Gasteiger partial charge in [0.1, 0.15) is 4.88 Å². The summed E-state index contributed by atoms with van der Waals surface area (Å²) in [7, 11) is 0. The third-order valence-electron chi connectivity index (χ3n) is 3.59. The lowest BCUT2D eigenvalue weighted by Crippen LogP contribution is -2.48. The zero-order chi connectivity index (χ0) is 15.1. The van der Waals surface area contributed by atoms with E-state index in [9.17, 15) is 4.79 Å². The van der Waals surface area contributed by atoms with Crippen LogP contribution < -0.4 is 5.73 Å². The number of nitrogens with two attached hydrogens (primary N) is 1. The number of carbonyl (C=O) groups excluding carboxylic acids is 1. The number of nitrogens with zero attached hydrogens (tertiary/aromatic N) is 1. The van der Waals surface area contributed by atoms with Crippen molar-refractivity contribution < 1.29 is 9.53 Å². The Labute approximate surface area is 136 Å². The van der Waals surface area contributed by atoms with E-state index in [1.807, 2.05) is 36.9 Å². The topological polar surface area (TPSA) is 55.6 Å². The second-order valence-electron chi connectivity index (χ2n) is 5.45. The molecule has 2 heterocycles. The van der Waals surface area contributed by atoms with Crippen LogP contribution in [-0.2, 0) is 4.74 Å². The van der Waals surface area contributed by atoms with E-state index in [4.69, 9.17) is 10.5 Å². The van der Waals surface area contributed by atoms with Gasteiger partial charge in [0.25, 0.3) is 5.91 Å². The SMILES string of the molecule is C[C@@H]1CN(C(=O)c2sc3ccc(Br)cc3c2N)C[C@H](C)O1. The molecule has 2 aromatic rings. The first-order valence-electron chi connectivity index (χ1n) is 6.88. The molecule has 0 aliphatic carbocycles. The molecule has 1 aromatic carbocycles. The Bertz CT molecular complexity index is 690. The summed E-state index contributed by atoms with van der Waals surface area (Å²) in [6.07, 6.45) is 0.116. The predicted octanol–water partition coefficient (Wildman–Crippen LogP) is 3.50. The van der Waals surface area contributed by atoms with Crippen molar-refractivity contribution in [3.63, 3.8) is 0 Å². The Morgan fingerprint density at radius 2 is 2.05 bits per heavy atom. The molecule has 2 N–H and O–H groups in total. The quantitative estimate of drug-likeness (QED) is 0.837. The van der Waals surface area contributed by atoms with Crippen molar-refractivity contribution in [2.45, 2.75) is 26.1 Å². The third kappa shape index (κ3) is 2.80. The van der Waals surface area contributed by atoms with Gasteiger partial charge < -0.3 is 15.4 Å². The summed E-state index contributed by atoms with van der Waals surface area (Å²) in [6.45, 7) is 5.20. The summed E-state index contributed by atoms with van der Waals surface area (Å²) >= 11 is 4.90. The van der Waals surface area contributed by atoms with Crippen LogP contribution in [0.4, 0.5) is 5.69 Å². The Kier molecular flexibility index (Phi) is 3.94. The van der Waals surface area contributed by atoms with Gasteiger partial charge in [-0.2, -0.15) is 0 Å². The number of morpholine rings is 1. The van der Waals surface area contributed by atoms with Crippen LogP contribution in [-0.4, -0.2) is 36.1 Å². The first-order chi connectivity index (χ1) is 9.95. The molecule has 6 heteroatoms. The maximum atomic E-state index is 12.8. The zero-order valence-electron chi connectivity index (χ0n) is 11.9. The molecule has 0 unspecified atom stereocenters. The molecule has 0 bridgehead atoms. The van der Waals surface area contributed by atoms with E-state index in [1.54, 1.807) is 0 Å². The van der Waals surface area contributed by atoms with Crippen molar-refractivity contribution in [3.8, 4) is 0 Å². The summed E-state index contributed by atoms with van der Waals surface area (Å²) in [5.74, 6) is 0.00632. The van der Waals surface area contributed by atoms with E-state index in [2.05, 4.69) is 15.9 Å². The van der Waals surface area contributed by atoms with Crippen LogP contribution in [0.3, 0.4) is 0 Å². The number of carbonyl (C=O) groups is 1. The molecule has 1 aliphatic heterocycles. The molecule has 2 atom stereocenters. The molecule has 4 nitrogen and oxygen atoms in total. The number of benzene rings is 1. The molecule has 1 amide bonds. The second-order valence-corrected chi connectivity index (χ2v) is 7.42. The van der Waals surface area contributed by atoms with Gasteiger partial charge in [-0.05, 0) is 32.0 Å². The van der Waals surface area contributed by atoms with Crippen LogP contribution in [0.15, 0.2) is 22.7 Å². The molecular formula is C15H17BrN2O2S. The van der Waals surface area contributed by atoms with E-state index >= 15 is 0 Å². The number of anilines is 1. The van der Waals surface area contributed by atoms with Gasteiger partial charge in [-0.1, -0.05) is 15.9 Å². The Morgan fingerprint density at radius 3 is 2.71 bits per heavy atom. The van der Waals surface area contributed by atoms with Crippen molar-refractivity contribution in [1.82, 2.24) is 4.90 Å². The summed E-state index contributed by atoms with van der Waals surface area (Å²) < 4.78 is 7.68. The highest BCUT2D eigenvalue weighted by atomic mass is 79.9. The first kappa shape index (κ1) is 14.8. The molecule has 1 aromatic heterocycles. The molecule has 1 aliphatic rings.